The number of para-hydroxylation sites is 2. The number of benzene rings is 2. The van der Waals surface area contributed by atoms with Gasteiger partial charge < -0.3 is 19.7 Å². The first-order valence-electron chi connectivity index (χ1n) is 10.2. The number of hydrogen-bond donors (Lipinski definition) is 2. The predicted molar refractivity (Wildman–Crippen MR) is 114 cm³/mol. The largest absolute Gasteiger partial charge is 0.449 e. The van der Waals surface area contributed by atoms with Crippen LogP contribution in [0.4, 0.5) is 13.2 Å². The Morgan fingerprint density at radius 1 is 1.00 bits per heavy atom. The zero-order chi connectivity index (χ0) is 24.3. The highest BCUT2D eigenvalue weighted by Crippen LogP contribution is 2.31. The average Bonchev–Trinajstić information content (AvgIpc) is 3.42. The van der Waals surface area contributed by atoms with Crippen LogP contribution in [0.2, 0.25) is 0 Å². The number of fused-ring (bicyclic) bond motifs is 1. The Balaban J connectivity index is 1.36. The smallest absolute Gasteiger partial charge is 0.350 e. The Hall–Kier alpha value is -4.22. The molecular weight excluding hydrogens is 453 g/mol. The standard InChI is InChI=1S/C22H19F3N6O3/c1-13-5-4-6-14(11-13)18(32)26-9-10-27-19(33)20-29-17(30-34-20)12-31-16-8-3-2-7-15(16)28-21(31)22(23,24)25/h2-8,11H,9-10,12H2,1H3,(H,26,32)(H,27,33). The first kappa shape index (κ1) is 23.0. The molecule has 4 rings (SSSR count). The normalized spacial score (nSPS) is 11.5. The monoisotopic (exact) mass is 472 g/mol. The summed E-state index contributed by atoms with van der Waals surface area (Å²) in [6, 6.07) is 13.2. The molecular formula is C22H19F3N6O3. The van der Waals surface area contributed by atoms with Gasteiger partial charge in [0, 0.05) is 18.7 Å². The molecule has 0 atom stereocenters. The van der Waals surface area contributed by atoms with Crippen molar-refractivity contribution in [2.75, 3.05) is 13.1 Å². The average molecular weight is 472 g/mol. The van der Waals surface area contributed by atoms with Gasteiger partial charge in [0.15, 0.2) is 5.82 Å². The van der Waals surface area contributed by atoms with Gasteiger partial charge in [-0.3, -0.25) is 9.59 Å². The summed E-state index contributed by atoms with van der Waals surface area (Å²) in [4.78, 5) is 31.9. The number of aromatic nitrogens is 4. The lowest BCUT2D eigenvalue weighted by atomic mass is 10.1. The van der Waals surface area contributed by atoms with Gasteiger partial charge in [-0.05, 0) is 31.2 Å². The fraction of sp³-hybridized carbons (Fsp3) is 0.227. The summed E-state index contributed by atoms with van der Waals surface area (Å²) in [7, 11) is 0. The first-order valence-corrected chi connectivity index (χ1v) is 10.2. The van der Waals surface area contributed by atoms with Gasteiger partial charge in [0.2, 0.25) is 5.82 Å². The second kappa shape index (κ2) is 9.33. The lowest BCUT2D eigenvalue weighted by Crippen LogP contribution is -2.34. The second-order valence-corrected chi connectivity index (χ2v) is 7.41. The van der Waals surface area contributed by atoms with Crippen LogP contribution in [0.25, 0.3) is 11.0 Å². The van der Waals surface area contributed by atoms with Gasteiger partial charge >= 0.3 is 18.0 Å². The molecule has 0 unspecified atom stereocenters. The van der Waals surface area contributed by atoms with Crippen LogP contribution in [-0.4, -0.2) is 44.6 Å². The van der Waals surface area contributed by atoms with E-state index >= 15 is 0 Å². The van der Waals surface area contributed by atoms with E-state index in [1.165, 1.54) is 12.1 Å². The number of hydrogen-bond acceptors (Lipinski definition) is 6. The van der Waals surface area contributed by atoms with Crippen LogP contribution in [0.1, 0.15) is 38.3 Å². The maximum Gasteiger partial charge on any atom is 0.449 e. The van der Waals surface area contributed by atoms with E-state index in [1.807, 2.05) is 13.0 Å². The van der Waals surface area contributed by atoms with Crippen LogP contribution in [0, 0.1) is 6.92 Å². The third-order valence-corrected chi connectivity index (χ3v) is 4.85. The highest BCUT2D eigenvalue weighted by Gasteiger charge is 2.38. The Bertz CT molecular complexity index is 1350. The van der Waals surface area contributed by atoms with E-state index in [0.29, 0.717) is 5.56 Å². The molecule has 0 saturated carbocycles. The van der Waals surface area contributed by atoms with Crippen molar-refractivity contribution in [3.05, 3.63) is 77.2 Å². The van der Waals surface area contributed by atoms with Gasteiger partial charge in [-0.1, -0.05) is 35.0 Å². The fourth-order valence-electron chi connectivity index (χ4n) is 3.32. The number of nitrogens with one attached hydrogen (secondary N) is 2. The topological polar surface area (TPSA) is 115 Å². The molecule has 9 nitrogen and oxygen atoms in total. The zero-order valence-electron chi connectivity index (χ0n) is 17.9. The van der Waals surface area contributed by atoms with E-state index in [4.69, 9.17) is 4.52 Å². The molecule has 2 aromatic heterocycles. The van der Waals surface area contributed by atoms with Crippen molar-refractivity contribution in [2.45, 2.75) is 19.6 Å². The quantitative estimate of drug-likeness (QED) is 0.400. The number of imidazole rings is 1. The lowest BCUT2D eigenvalue weighted by molar-refractivity contribution is -0.146. The van der Waals surface area contributed by atoms with Gasteiger partial charge in [0.05, 0.1) is 17.6 Å². The first-order chi connectivity index (χ1) is 16.2. The minimum atomic E-state index is -4.69. The van der Waals surface area contributed by atoms with Crippen LogP contribution in [-0.2, 0) is 12.7 Å². The molecule has 0 fully saturated rings. The van der Waals surface area contributed by atoms with E-state index in [9.17, 15) is 22.8 Å². The maximum absolute atomic E-state index is 13.4. The summed E-state index contributed by atoms with van der Waals surface area (Å²) < 4.78 is 46.1. The zero-order valence-corrected chi connectivity index (χ0v) is 17.9. The molecule has 4 aromatic rings. The van der Waals surface area contributed by atoms with E-state index in [2.05, 4.69) is 25.8 Å². The third kappa shape index (κ3) is 5.05. The number of rotatable bonds is 7. The number of halogens is 3. The molecule has 0 aliphatic carbocycles. The molecule has 2 amide bonds. The number of aryl methyl sites for hydroxylation is 1. The maximum atomic E-state index is 13.4. The molecule has 34 heavy (non-hydrogen) atoms. The minimum absolute atomic E-state index is 0.0818. The van der Waals surface area contributed by atoms with Crippen LogP contribution in [0.5, 0.6) is 0 Å². The van der Waals surface area contributed by atoms with Crippen LogP contribution < -0.4 is 10.6 Å². The van der Waals surface area contributed by atoms with Gasteiger partial charge in [0.1, 0.15) is 0 Å². The Labute approximate surface area is 191 Å². The van der Waals surface area contributed by atoms with Gasteiger partial charge in [-0.25, -0.2) is 4.98 Å². The van der Waals surface area contributed by atoms with E-state index < -0.39 is 30.3 Å². The van der Waals surface area contributed by atoms with Crippen LogP contribution >= 0.6 is 0 Å². The molecule has 176 valence electrons. The Kier molecular flexibility index (Phi) is 6.30. The number of nitrogens with zero attached hydrogens (tertiary/aromatic N) is 4. The molecule has 2 heterocycles. The van der Waals surface area contributed by atoms with Crippen molar-refractivity contribution < 1.29 is 27.3 Å². The van der Waals surface area contributed by atoms with Crippen LogP contribution in [0.15, 0.2) is 53.1 Å². The van der Waals surface area contributed by atoms with E-state index in [0.717, 1.165) is 10.1 Å². The SMILES string of the molecule is Cc1cccc(C(=O)NCCNC(=O)c2nc(Cn3c(C(F)(F)F)nc4ccccc43)no2)c1. The van der Waals surface area contributed by atoms with Gasteiger partial charge in [0.25, 0.3) is 5.91 Å². The molecule has 2 N–H and O–H groups in total. The number of carbonyl (C=O) groups is 2. The summed E-state index contributed by atoms with van der Waals surface area (Å²) in [6.45, 7) is 1.71. The number of alkyl halides is 3. The lowest BCUT2D eigenvalue weighted by Gasteiger charge is -2.09. The third-order valence-electron chi connectivity index (χ3n) is 4.85. The molecule has 12 heteroatoms. The molecule has 0 saturated heterocycles. The predicted octanol–water partition coefficient (Wildman–Crippen LogP) is 2.95. The second-order valence-electron chi connectivity index (χ2n) is 7.41. The van der Waals surface area contributed by atoms with Crippen molar-refractivity contribution in [1.29, 1.82) is 0 Å². The van der Waals surface area contributed by atoms with E-state index in [1.54, 1.807) is 30.3 Å². The van der Waals surface area contributed by atoms with Gasteiger partial charge in [-0.2, -0.15) is 18.2 Å². The molecule has 2 aromatic carbocycles. The van der Waals surface area contributed by atoms with Crippen molar-refractivity contribution in [1.82, 2.24) is 30.3 Å². The fourth-order valence-corrected chi connectivity index (χ4v) is 3.32. The Morgan fingerprint density at radius 3 is 2.47 bits per heavy atom. The summed E-state index contributed by atoms with van der Waals surface area (Å²) in [6.07, 6.45) is -4.69. The van der Waals surface area contributed by atoms with Crippen molar-refractivity contribution in [3.8, 4) is 0 Å². The molecule has 0 spiro atoms. The summed E-state index contributed by atoms with van der Waals surface area (Å²) in [5, 5.41) is 8.79. The molecule has 0 radical (unpaired) electrons. The Morgan fingerprint density at radius 2 is 1.74 bits per heavy atom. The number of amides is 2. The highest BCUT2D eigenvalue weighted by atomic mass is 19.4. The molecule has 0 aliphatic rings. The van der Waals surface area contributed by atoms with Gasteiger partial charge in [-0.15, -0.1) is 0 Å². The summed E-state index contributed by atoms with van der Waals surface area (Å²) >= 11 is 0. The van der Waals surface area contributed by atoms with Crippen molar-refractivity contribution in [3.63, 3.8) is 0 Å². The summed E-state index contributed by atoms with van der Waals surface area (Å²) in [5.41, 5.74) is 1.86. The van der Waals surface area contributed by atoms with Crippen LogP contribution in [0.3, 0.4) is 0 Å². The number of carbonyl (C=O) groups excluding carboxylic acids is 2. The van der Waals surface area contributed by atoms with E-state index in [-0.39, 0.29) is 35.9 Å². The van der Waals surface area contributed by atoms with Crippen molar-refractivity contribution in [2.24, 2.45) is 0 Å². The molecule has 0 aliphatic heterocycles. The molecule has 0 bridgehead atoms. The minimum Gasteiger partial charge on any atom is -0.350 e. The van der Waals surface area contributed by atoms with Crippen molar-refractivity contribution >= 4 is 22.8 Å². The highest BCUT2D eigenvalue weighted by molar-refractivity contribution is 5.94. The summed E-state index contributed by atoms with van der Waals surface area (Å²) in [5.74, 6) is -2.63.